The minimum absolute atomic E-state index is 1.82. The van der Waals surface area contributed by atoms with Gasteiger partial charge < -0.3 is 40.2 Å². The number of rotatable bonds is 0. The average Bonchev–Trinajstić information content (AvgIpc) is 2.43. The Kier molecular flexibility index (Phi) is 19.2. The van der Waals surface area contributed by atoms with E-state index in [4.69, 9.17) is 68.8 Å². The summed E-state index contributed by atoms with van der Waals surface area (Å²) in [6, 6.07) is 0. The molecule has 8 N–H and O–H groups in total. The lowest BCUT2D eigenvalue weighted by atomic mass is 10.7. The van der Waals surface area contributed by atoms with E-state index in [0.717, 1.165) is 0 Å². The SMILES string of the molecule is O=C(O)C(=O)O.O=C(O)C(F)(F)F.O=C(O)C(F)(F)F.O=C(O)C(F)(F)F.O=P(O)(O)O. The van der Waals surface area contributed by atoms with Crippen LogP contribution in [0.2, 0.25) is 0 Å². The number of aliphatic carboxylic acids is 5. The Balaban J connectivity index is -0.0000000954. The third-order valence-electron chi connectivity index (χ3n) is 0.910. The van der Waals surface area contributed by atoms with E-state index in [1.54, 1.807) is 0 Å². The maximum absolute atomic E-state index is 10.6. The maximum Gasteiger partial charge on any atom is 0.490 e. The first kappa shape index (κ1) is 39.3. The third-order valence-corrected chi connectivity index (χ3v) is 0.910. The van der Waals surface area contributed by atoms with Gasteiger partial charge >= 0.3 is 56.2 Å². The van der Waals surface area contributed by atoms with Crippen LogP contribution in [0.15, 0.2) is 0 Å². The molecule has 0 atom stereocenters. The molecule has 0 aliphatic rings. The molecule has 192 valence electrons. The Morgan fingerprint density at radius 2 is 0.531 bits per heavy atom. The molecule has 0 saturated heterocycles. The molecule has 0 heterocycles. The van der Waals surface area contributed by atoms with Gasteiger partial charge in [-0.15, -0.1) is 0 Å². The van der Waals surface area contributed by atoms with E-state index in [1.807, 2.05) is 0 Å². The summed E-state index contributed by atoms with van der Waals surface area (Å²) in [5.74, 6) is -11.9. The number of hydrogen-bond donors (Lipinski definition) is 8. The van der Waals surface area contributed by atoms with Gasteiger partial charge in [0.15, 0.2) is 0 Å². The Bertz CT molecular complexity index is 596. The van der Waals surface area contributed by atoms with Crippen molar-refractivity contribution in [1.29, 1.82) is 0 Å². The molecule has 0 aliphatic carbocycles. The second-order valence-corrected chi connectivity index (χ2v) is 4.56. The van der Waals surface area contributed by atoms with Crippen molar-refractivity contribution in [3.05, 3.63) is 0 Å². The van der Waals surface area contributed by atoms with Crippen LogP contribution in [0.4, 0.5) is 39.5 Å². The van der Waals surface area contributed by atoms with Crippen molar-refractivity contribution in [2.24, 2.45) is 0 Å². The van der Waals surface area contributed by atoms with Crippen LogP contribution in [0.1, 0.15) is 0 Å². The fourth-order valence-electron chi connectivity index (χ4n) is 0. The van der Waals surface area contributed by atoms with Crippen LogP contribution in [0.3, 0.4) is 0 Å². The molecule has 0 aromatic heterocycles. The topological polar surface area (TPSA) is 264 Å². The number of phosphoric acid groups is 1. The largest absolute Gasteiger partial charge is 0.490 e. The molecular formula is C8H8F9O14P. The van der Waals surface area contributed by atoms with Crippen LogP contribution < -0.4 is 0 Å². The molecule has 32 heavy (non-hydrogen) atoms. The third kappa shape index (κ3) is 50.5. The second kappa shape index (κ2) is 15.6. The average molecular weight is 530 g/mol. The number of hydrogen-bond acceptors (Lipinski definition) is 6. The molecule has 14 nitrogen and oxygen atoms in total. The van der Waals surface area contributed by atoms with E-state index in [0.29, 0.717) is 0 Å². The van der Waals surface area contributed by atoms with Crippen LogP contribution in [-0.2, 0) is 28.5 Å². The predicted molar refractivity (Wildman–Crippen MR) is 70.6 cm³/mol. The predicted octanol–water partition coefficient (Wildman–Crippen LogP) is 0.127. The Morgan fingerprint density at radius 3 is 0.531 bits per heavy atom. The maximum atomic E-state index is 10.6. The quantitative estimate of drug-likeness (QED) is 0.118. The van der Waals surface area contributed by atoms with Gasteiger partial charge in [-0.1, -0.05) is 0 Å². The summed E-state index contributed by atoms with van der Waals surface area (Å²) in [5, 5.41) is 36.2. The second-order valence-electron chi connectivity index (χ2n) is 3.53. The summed E-state index contributed by atoms with van der Waals surface area (Å²) in [5.41, 5.74) is 0. The lowest BCUT2D eigenvalue weighted by Crippen LogP contribution is -2.21. The number of carboxylic acids is 5. The molecule has 0 spiro atoms. The van der Waals surface area contributed by atoms with E-state index in [2.05, 4.69) is 0 Å². The molecular weight excluding hydrogens is 522 g/mol. The highest BCUT2D eigenvalue weighted by Gasteiger charge is 2.39. The van der Waals surface area contributed by atoms with Gasteiger partial charge in [0.2, 0.25) is 0 Å². The molecule has 0 saturated carbocycles. The molecule has 24 heteroatoms. The summed E-state index contributed by atoms with van der Waals surface area (Å²) in [7, 11) is -4.64. The Morgan fingerprint density at radius 1 is 0.469 bits per heavy atom. The first-order chi connectivity index (χ1) is 13.5. The zero-order chi connectivity index (χ0) is 27.9. The van der Waals surface area contributed by atoms with Gasteiger partial charge in [0.1, 0.15) is 0 Å². The van der Waals surface area contributed by atoms with Crippen molar-refractivity contribution in [3.63, 3.8) is 0 Å². The minimum atomic E-state index is -5.08. The molecule has 0 fully saturated rings. The monoisotopic (exact) mass is 530 g/mol. The minimum Gasteiger partial charge on any atom is -0.475 e. The smallest absolute Gasteiger partial charge is 0.475 e. The van der Waals surface area contributed by atoms with Gasteiger partial charge in [0.25, 0.3) is 0 Å². The molecule has 0 rings (SSSR count). The molecule has 0 amide bonds. The highest BCUT2D eigenvalue weighted by molar-refractivity contribution is 7.45. The van der Waals surface area contributed by atoms with E-state index >= 15 is 0 Å². The number of alkyl halides is 9. The zero-order valence-corrected chi connectivity index (χ0v) is 14.8. The van der Waals surface area contributed by atoms with Crippen molar-refractivity contribution in [2.45, 2.75) is 18.5 Å². The Labute approximate surface area is 166 Å². The van der Waals surface area contributed by atoms with Gasteiger partial charge in [-0.2, -0.15) is 39.5 Å². The lowest BCUT2D eigenvalue weighted by Gasteiger charge is -1.93. The molecule has 0 bridgehead atoms. The van der Waals surface area contributed by atoms with Crippen molar-refractivity contribution in [3.8, 4) is 0 Å². The number of carbonyl (C=O) groups is 5. The first-order valence-electron chi connectivity index (χ1n) is 5.62. The summed E-state index contributed by atoms with van der Waals surface area (Å²) in [6.07, 6.45) is -15.3. The van der Waals surface area contributed by atoms with Crippen molar-refractivity contribution in [1.82, 2.24) is 0 Å². The lowest BCUT2D eigenvalue weighted by molar-refractivity contribution is -0.193. The highest BCUT2D eigenvalue weighted by Crippen LogP contribution is 2.25. The highest BCUT2D eigenvalue weighted by atomic mass is 31.2. The Hall–Kier alpha value is -3.17. The first-order valence-corrected chi connectivity index (χ1v) is 7.19. The van der Waals surface area contributed by atoms with Gasteiger partial charge in [0, 0.05) is 0 Å². The standard InChI is InChI=1S/3C2HF3O2.C2H2O4.H3O4P/c3*3-2(4,5)1(6)7;3-1(4)2(5)6;1-5(2,3)4/h3*(H,6,7);(H,3,4)(H,5,6);(H3,1,2,3,4). The molecule has 0 unspecified atom stereocenters. The molecule has 0 radical (unpaired) electrons. The van der Waals surface area contributed by atoms with E-state index in [-0.39, 0.29) is 0 Å². The number of carboxylic acid groups (broad SMARTS) is 5. The van der Waals surface area contributed by atoms with Crippen LogP contribution in [0, 0.1) is 0 Å². The normalized spacial score (nSPS) is 10.6. The zero-order valence-electron chi connectivity index (χ0n) is 13.9. The van der Waals surface area contributed by atoms with Crippen molar-refractivity contribution < 1.29 is 108 Å². The number of halogens is 9. The van der Waals surface area contributed by atoms with E-state index in [9.17, 15) is 39.5 Å². The summed E-state index contributed by atoms with van der Waals surface area (Å²) in [4.78, 5) is 66.4. The fraction of sp³-hybridized carbons (Fsp3) is 0.375. The summed E-state index contributed by atoms with van der Waals surface area (Å²) >= 11 is 0. The summed E-state index contributed by atoms with van der Waals surface area (Å²) < 4.78 is 104. The summed E-state index contributed by atoms with van der Waals surface area (Å²) in [6.45, 7) is 0. The van der Waals surface area contributed by atoms with Gasteiger partial charge in [-0.25, -0.2) is 28.5 Å². The molecule has 0 aromatic carbocycles. The molecule has 0 aromatic rings. The van der Waals surface area contributed by atoms with Crippen LogP contribution in [-0.4, -0.2) is 88.6 Å². The van der Waals surface area contributed by atoms with E-state index < -0.39 is 56.2 Å². The van der Waals surface area contributed by atoms with Crippen LogP contribution in [0.25, 0.3) is 0 Å². The molecule has 0 aliphatic heterocycles. The van der Waals surface area contributed by atoms with Gasteiger partial charge in [0.05, 0.1) is 0 Å². The van der Waals surface area contributed by atoms with Crippen LogP contribution in [0.5, 0.6) is 0 Å². The fourth-order valence-corrected chi connectivity index (χ4v) is 0. The van der Waals surface area contributed by atoms with E-state index in [1.165, 1.54) is 0 Å². The van der Waals surface area contributed by atoms with Gasteiger partial charge in [-0.3, -0.25) is 0 Å². The van der Waals surface area contributed by atoms with Crippen LogP contribution >= 0.6 is 7.82 Å². The van der Waals surface area contributed by atoms with Gasteiger partial charge in [-0.05, 0) is 0 Å². The van der Waals surface area contributed by atoms with Crippen molar-refractivity contribution >= 4 is 37.7 Å². The van der Waals surface area contributed by atoms with Crippen molar-refractivity contribution in [2.75, 3.05) is 0 Å².